The Morgan fingerprint density at radius 3 is 2.38 bits per heavy atom. The summed E-state index contributed by atoms with van der Waals surface area (Å²) < 4.78 is 5.45. The molecule has 3 heteroatoms. The van der Waals surface area contributed by atoms with E-state index in [-0.39, 0.29) is 0 Å². The van der Waals surface area contributed by atoms with Crippen LogP contribution < -0.4 is 0 Å². The Hall–Kier alpha value is 0.972. The molecule has 0 aromatic heterocycles. The summed E-state index contributed by atoms with van der Waals surface area (Å²) in [6.07, 6.45) is 1.55. The van der Waals surface area contributed by atoms with Gasteiger partial charge in [0.1, 0.15) is 0 Å². The first-order chi connectivity index (χ1) is 3.66. The summed E-state index contributed by atoms with van der Waals surface area (Å²) >= 11 is 2.50. The number of rotatable bonds is 3. The van der Waals surface area contributed by atoms with Gasteiger partial charge in [-0.2, -0.15) is 14.1 Å². The standard InChI is InChI=1S/C4H9O.CH3.Al.BrH/c1-3-4(2)5;;;/h4H,3H2,1-2H3;1H3;;1H/q-1;;+2;/p-1. The molecule has 48 valence electrons. The summed E-state index contributed by atoms with van der Waals surface area (Å²) in [4.78, 5) is 0. The van der Waals surface area contributed by atoms with E-state index in [0.717, 1.165) is 6.42 Å². The van der Waals surface area contributed by atoms with Crippen molar-refractivity contribution >= 4 is 26.7 Å². The Labute approximate surface area is 62.8 Å². The summed E-state index contributed by atoms with van der Waals surface area (Å²) in [5.41, 5.74) is 0. The first-order valence-corrected chi connectivity index (χ1v) is 7.77. The van der Waals surface area contributed by atoms with Crippen molar-refractivity contribution in [2.75, 3.05) is 0 Å². The molecule has 0 aliphatic carbocycles. The fourth-order valence-corrected chi connectivity index (χ4v) is 2.35. The van der Waals surface area contributed by atoms with Gasteiger partial charge in [-0.3, -0.25) is 0 Å². The quantitative estimate of drug-likeness (QED) is 0.628. The normalized spacial score (nSPS) is 13.5. The molecule has 0 amide bonds. The van der Waals surface area contributed by atoms with Crippen LogP contribution in [0.2, 0.25) is 5.79 Å². The second-order valence-corrected chi connectivity index (χ2v) is 7.12. The van der Waals surface area contributed by atoms with Gasteiger partial charge in [-0.05, 0) is 13.3 Å². The topological polar surface area (TPSA) is 9.23 Å². The molecule has 0 radical (unpaired) electrons. The van der Waals surface area contributed by atoms with Crippen LogP contribution in [0, 0.1) is 0 Å². The van der Waals surface area contributed by atoms with Crippen molar-refractivity contribution in [3.63, 3.8) is 0 Å². The SMILES string of the molecule is CCC(C)[O][Al]([CH3])[Br]. The average molecular weight is 195 g/mol. The lowest BCUT2D eigenvalue weighted by Gasteiger charge is -2.10. The maximum absolute atomic E-state index is 5.45. The molecule has 0 saturated carbocycles. The second kappa shape index (κ2) is 4.81. The van der Waals surface area contributed by atoms with Gasteiger partial charge < -0.3 is 3.79 Å². The molecule has 0 saturated heterocycles. The minimum Gasteiger partial charge on any atom is -0.490 e. The van der Waals surface area contributed by atoms with Crippen molar-refractivity contribution in [2.24, 2.45) is 0 Å². The van der Waals surface area contributed by atoms with E-state index in [1.54, 1.807) is 0 Å². The fourth-order valence-electron chi connectivity index (χ4n) is 0.416. The van der Waals surface area contributed by atoms with E-state index in [2.05, 4.69) is 33.7 Å². The summed E-state index contributed by atoms with van der Waals surface area (Å²) in [5.74, 6) is 2.12. The first-order valence-electron chi connectivity index (χ1n) is 2.96. The van der Waals surface area contributed by atoms with E-state index in [1.807, 2.05) is 0 Å². The monoisotopic (exact) mass is 194 g/mol. The molecule has 0 aromatic rings. The zero-order valence-electron chi connectivity index (χ0n) is 5.65. The van der Waals surface area contributed by atoms with Gasteiger partial charge in [-0.15, -0.1) is 0 Å². The third-order valence-electron chi connectivity index (χ3n) is 0.995. The van der Waals surface area contributed by atoms with Gasteiger partial charge in [-0.1, -0.05) is 12.7 Å². The van der Waals surface area contributed by atoms with E-state index < -0.39 is 12.7 Å². The van der Waals surface area contributed by atoms with Gasteiger partial charge in [0.15, 0.2) is 0 Å². The molecule has 0 fully saturated rings. The Morgan fingerprint density at radius 2 is 2.25 bits per heavy atom. The molecule has 0 rings (SSSR count). The largest absolute Gasteiger partial charge is 0.553 e. The number of hydrogen-bond donors (Lipinski definition) is 0. The molecule has 0 bridgehead atoms. The van der Waals surface area contributed by atoms with Gasteiger partial charge in [0, 0.05) is 6.10 Å². The lowest BCUT2D eigenvalue weighted by atomic mass is 10.3. The highest BCUT2D eigenvalue weighted by atomic mass is 79.9. The summed E-state index contributed by atoms with van der Waals surface area (Å²) in [6.45, 7) is 4.24. The van der Waals surface area contributed by atoms with Crippen molar-refractivity contribution in [3.8, 4) is 0 Å². The highest BCUT2D eigenvalue weighted by Gasteiger charge is 2.09. The highest BCUT2D eigenvalue weighted by Crippen LogP contribution is 2.02. The van der Waals surface area contributed by atoms with Crippen LogP contribution in [-0.4, -0.2) is 18.8 Å². The molecule has 0 aliphatic heterocycles. The first kappa shape index (κ1) is 8.97. The zero-order chi connectivity index (χ0) is 6.57. The highest BCUT2D eigenvalue weighted by molar-refractivity contribution is 9.24. The lowest BCUT2D eigenvalue weighted by Crippen LogP contribution is -2.13. The maximum Gasteiger partial charge on any atom is 0.553 e. The van der Waals surface area contributed by atoms with Crippen molar-refractivity contribution in [2.45, 2.75) is 32.2 Å². The van der Waals surface area contributed by atoms with E-state index in [1.165, 1.54) is 0 Å². The van der Waals surface area contributed by atoms with Gasteiger partial charge in [0.2, 0.25) is 0 Å². The van der Waals surface area contributed by atoms with Crippen LogP contribution in [0.5, 0.6) is 0 Å². The molecule has 0 N–H and O–H groups in total. The fraction of sp³-hybridized carbons (Fsp3) is 1.00. The van der Waals surface area contributed by atoms with E-state index >= 15 is 0 Å². The Balaban J connectivity index is 3.10. The summed E-state index contributed by atoms with van der Waals surface area (Å²) in [7, 11) is 0. The average Bonchev–Trinajstić information content (AvgIpc) is 1.65. The lowest BCUT2D eigenvalue weighted by molar-refractivity contribution is 0.228. The predicted molar refractivity (Wildman–Crippen MR) is 41.4 cm³/mol. The third kappa shape index (κ3) is 5.12. The van der Waals surface area contributed by atoms with Gasteiger partial charge in [0.05, 0.1) is 0 Å². The van der Waals surface area contributed by atoms with Crippen LogP contribution in [0.3, 0.4) is 0 Å². The molecular weight excluding hydrogens is 183 g/mol. The van der Waals surface area contributed by atoms with Crippen LogP contribution in [-0.2, 0) is 3.79 Å². The van der Waals surface area contributed by atoms with E-state index in [0.29, 0.717) is 6.10 Å². The maximum atomic E-state index is 5.45. The summed E-state index contributed by atoms with van der Waals surface area (Å²) in [6, 6.07) is 0. The zero-order valence-corrected chi connectivity index (χ0v) is 8.39. The van der Waals surface area contributed by atoms with E-state index in [9.17, 15) is 0 Å². The molecule has 0 aliphatic rings. The smallest absolute Gasteiger partial charge is 0.490 e. The van der Waals surface area contributed by atoms with Crippen molar-refractivity contribution < 1.29 is 3.79 Å². The van der Waals surface area contributed by atoms with Crippen LogP contribution >= 0.6 is 14.1 Å². The second-order valence-electron chi connectivity index (χ2n) is 1.90. The summed E-state index contributed by atoms with van der Waals surface area (Å²) in [5, 5.41) is 0. The van der Waals surface area contributed by atoms with Crippen LogP contribution in [0.15, 0.2) is 0 Å². The Morgan fingerprint density at radius 1 is 1.75 bits per heavy atom. The molecule has 0 spiro atoms. The van der Waals surface area contributed by atoms with Crippen LogP contribution in [0.25, 0.3) is 0 Å². The Bertz CT molecular complexity index is 58.4. The molecule has 0 aromatic carbocycles. The molecule has 8 heavy (non-hydrogen) atoms. The molecular formula is C5H12AlBrO. The third-order valence-corrected chi connectivity index (χ3v) is 2.48. The van der Waals surface area contributed by atoms with Gasteiger partial charge >= 0.3 is 12.7 Å². The minimum absolute atomic E-state index is 0.441. The Kier molecular flexibility index (Phi) is 5.40. The molecule has 1 atom stereocenters. The van der Waals surface area contributed by atoms with Crippen molar-refractivity contribution in [1.82, 2.24) is 0 Å². The van der Waals surface area contributed by atoms with Crippen LogP contribution in [0.1, 0.15) is 20.3 Å². The number of hydrogen-bond acceptors (Lipinski definition) is 1. The minimum atomic E-state index is -0.934. The van der Waals surface area contributed by atoms with Crippen molar-refractivity contribution in [3.05, 3.63) is 0 Å². The molecule has 1 nitrogen and oxygen atoms in total. The van der Waals surface area contributed by atoms with Gasteiger partial charge in [0.25, 0.3) is 0 Å². The van der Waals surface area contributed by atoms with Crippen molar-refractivity contribution in [1.29, 1.82) is 0 Å². The van der Waals surface area contributed by atoms with E-state index in [4.69, 9.17) is 3.79 Å². The van der Waals surface area contributed by atoms with Gasteiger partial charge in [-0.25, -0.2) is 0 Å². The molecule has 0 heterocycles. The van der Waals surface area contributed by atoms with Crippen LogP contribution in [0.4, 0.5) is 0 Å². The molecule has 1 unspecified atom stereocenters. The predicted octanol–water partition coefficient (Wildman–Crippen LogP) is 2.31. The number of halogens is 1.